The molecule has 48 heavy (non-hydrogen) atoms. The molecule has 2 heteroatoms. The van der Waals surface area contributed by atoms with Crippen LogP contribution in [0, 0.1) is 0 Å². The van der Waals surface area contributed by atoms with Crippen LogP contribution in [0.3, 0.4) is 0 Å². The van der Waals surface area contributed by atoms with E-state index < -0.39 is 0 Å². The Labute approximate surface area is 277 Å². The van der Waals surface area contributed by atoms with E-state index in [4.69, 9.17) is 4.42 Å². The van der Waals surface area contributed by atoms with E-state index >= 15 is 0 Å². The second kappa shape index (κ2) is 10.6. The fourth-order valence-corrected chi connectivity index (χ4v) is 7.56. The van der Waals surface area contributed by atoms with Gasteiger partial charge in [0.25, 0.3) is 0 Å². The Hall–Kier alpha value is -6.38. The summed E-state index contributed by atoms with van der Waals surface area (Å²) in [6, 6.07) is 63.3. The summed E-state index contributed by atoms with van der Waals surface area (Å²) in [6.07, 6.45) is 0. The van der Waals surface area contributed by atoms with Crippen LogP contribution in [-0.4, -0.2) is 0 Å². The number of benzene rings is 9. The number of fused-ring (bicyclic) bond motifs is 9. The minimum Gasteiger partial charge on any atom is -0.454 e. The maximum atomic E-state index is 6.59. The molecule has 0 radical (unpaired) electrons. The Balaban J connectivity index is 1.18. The number of rotatable bonds is 4. The third kappa shape index (κ3) is 4.13. The zero-order chi connectivity index (χ0) is 31.6. The predicted octanol–water partition coefficient (Wildman–Crippen LogP) is 13.3. The lowest BCUT2D eigenvalue weighted by atomic mass is 9.96. The summed E-state index contributed by atoms with van der Waals surface area (Å²) in [7, 11) is 0. The second-order valence-electron chi connectivity index (χ2n) is 12.5. The molecule has 2 nitrogen and oxygen atoms in total. The first-order chi connectivity index (χ1) is 23.8. The van der Waals surface area contributed by atoms with Crippen molar-refractivity contribution < 1.29 is 4.42 Å². The van der Waals surface area contributed by atoms with Crippen LogP contribution in [-0.2, 0) is 0 Å². The summed E-state index contributed by atoms with van der Waals surface area (Å²) in [5.74, 6) is 0. The molecule has 0 fully saturated rings. The molecule has 0 atom stereocenters. The van der Waals surface area contributed by atoms with Gasteiger partial charge in [0.1, 0.15) is 5.58 Å². The van der Waals surface area contributed by atoms with Crippen LogP contribution in [0.5, 0.6) is 0 Å². The molecule has 224 valence electrons. The van der Waals surface area contributed by atoms with Gasteiger partial charge in [-0.2, -0.15) is 0 Å². The molecule has 0 amide bonds. The highest BCUT2D eigenvalue weighted by atomic mass is 16.3. The van der Waals surface area contributed by atoms with E-state index in [0.29, 0.717) is 0 Å². The summed E-state index contributed by atoms with van der Waals surface area (Å²) in [4.78, 5) is 2.33. The number of hydrogen-bond acceptors (Lipinski definition) is 2. The van der Waals surface area contributed by atoms with E-state index in [0.717, 1.165) is 39.0 Å². The Kier molecular flexibility index (Phi) is 5.91. The third-order valence-electron chi connectivity index (χ3n) is 9.83. The molecular weight excluding hydrogens is 583 g/mol. The lowest BCUT2D eigenvalue weighted by Gasteiger charge is -2.26. The zero-order valence-electron chi connectivity index (χ0n) is 26.1. The van der Waals surface area contributed by atoms with Crippen molar-refractivity contribution in [2.75, 3.05) is 4.90 Å². The SMILES string of the molecule is c1ccc2c(-c3ccc(N(c4ccc5c(ccc6c7ccccc7ccc56)c4)c4cccc5c4oc4ccccc45)cc3)cccc2c1. The van der Waals surface area contributed by atoms with Crippen molar-refractivity contribution in [2.24, 2.45) is 0 Å². The van der Waals surface area contributed by atoms with Crippen molar-refractivity contribution in [3.05, 3.63) is 176 Å². The molecule has 10 aromatic rings. The first kappa shape index (κ1) is 26.8. The molecule has 1 aromatic heterocycles. The van der Waals surface area contributed by atoms with Crippen LogP contribution < -0.4 is 4.90 Å². The largest absolute Gasteiger partial charge is 0.454 e. The van der Waals surface area contributed by atoms with Crippen LogP contribution in [0.1, 0.15) is 0 Å². The van der Waals surface area contributed by atoms with E-state index in [9.17, 15) is 0 Å². The smallest absolute Gasteiger partial charge is 0.159 e. The van der Waals surface area contributed by atoms with Gasteiger partial charge in [0, 0.05) is 22.1 Å². The van der Waals surface area contributed by atoms with Gasteiger partial charge in [-0.25, -0.2) is 0 Å². The van der Waals surface area contributed by atoms with Gasteiger partial charge in [0.15, 0.2) is 5.58 Å². The van der Waals surface area contributed by atoms with Crippen molar-refractivity contribution in [3.63, 3.8) is 0 Å². The minimum atomic E-state index is 0.877. The highest BCUT2D eigenvalue weighted by molar-refractivity contribution is 6.18. The monoisotopic (exact) mass is 611 g/mol. The van der Waals surface area contributed by atoms with Gasteiger partial charge >= 0.3 is 0 Å². The van der Waals surface area contributed by atoms with Crippen LogP contribution in [0.2, 0.25) is 0 Å². The molecule has 0 N–H and O–H groups in total. The van der Waals surface area contributed by atoms with Gasteiger partial charge < -0.3 is 9.32 Å². The Bertz CT molecular complexity index is 2840. The lowest BCUT2D eigenvalue weighted by molar-refractivity contribution is 0.669. The molecule has 0 aliphatic rings. The molecule has 0 saturated carbocycles. The number of anilines is 3. The Morgan fingerprint density at radius 2 is 0.938 bits per heavy atom. The summed E-state index contributed by atoms with van der Waals surface area (Å²) in [5.41, 5.74) is 7.34. The lowest BCUT2D eigenvalue weighted by Crippen LogP contribution is -2.10. The number of para-hydroxylation sites is 2. The van der Waals surface area contributed by atoms with Crippen LogP contribution in [0.15, 0.2) is 180 Å². The molecule has 0 bridgehead atoms. The summed E-state index contributed by atoms with van der Waals surface area (Å²) >= 11 is 0. The van der Waals surface area contributed by atoms with E-state index in [1.807, 2.05) is 12.1 Å². The van der Waals surface area contributed by atoms with E-state index in [2.05, 4.69) is 169 Å². The first-order valence-corrected chi connectivity index (χ1v) is 16.4. The van der Waals surface area contributed by atoms with Crippen molar-refractivity contribution in [1.82, 2.24) is 0 Å². The molecule has 9 aromatic carbocycles. The minimum absolute atomic E-state index is 0.877. The maximum Gasteiger partial charge on any atom is 0.159 e. The zero-order valence-corrected chi connectivity index (χ0v) is 26.1. The Morgan fingerprint density at radius 3 is 1.77 bits per heavy atom. The van der Waals surface area contributed by atoms with E-state index in [-0.39, 0.29) is 0 Å². The van der Waals surface area contributed by atoms with Crippen molar-refractivity contribution in [3.8, 4) is 11.1 Å². The summed E-state index contributed by atoms with van der Waals surface area (Å²) in [5, 5.41) is 12.3. The number of hydrogen-bond donors (Lipinski definition) is 0. The molecular formula is C46H29NO. The van der Waals surface area contributed by atoms with Gasteiger partial charge in [-0.3, -0.25) is 0 Å². The van der Waals surface area contributed by atoms with Gasteiger partial charge in [0.2, 0.25) is 0 Å². The second-order valence-corrected chi connectivity index (χ2v) is 12.5. The van der Waals surface area contributed by atoms with Gasteiger partial charge in [0.05, 0.1) is 5.69 Å². The average Bonchev–Trinajstić information content (AvgIpc) is 3.54. The standard InChI is InChI=1S/C46H29NO/c1-3-12-36-30(9-1)11-7-15-37(36)32-19-23-34(24-20-32)47(44-17-8-16-43-42-14-5-6-18-45(42)48-46(43)44)35-25-28-39-33(29-35)22-27-40-38-13-4-2-10-31(38)21-26-41(39)40/h1-29H. The molecule has 0 aliphatic carbocycles. The highest BCUT2D eigenvalue weighted by Crippen LogP contribution is 2.44. The van der Waals surface area contributed by atoms with E-state index in [1.165, 1.54) is 54.2 Å². The van der Waals surface area contributed by atoms with Crippen molar-refractivity contribution in [2.45, 2.75) is 0 Å². The molecule has 0 unspecified atom stereocenters. The quantitative estimate of drug-likeness (QED) is 0.184. The molecule has 0 aliphatic heterocycles. The van der Waals surface area contributed by atoms with Gasteiger partial charge in [-0.15, -0.1) is 0 Å². The normalized spacial score (nSPS) is 11.8. The highest BCUT2D eigenvalue weighted by Gasteiger charge is 2.20. The molecule has 0 saturated heterocycles. The number of nitrogens with zero attached hydrogens (tertiary/aromatic N) is 1. The fourth-order valence-electron chi connectivity index (χ4n) is 7.56. The summed E-state index contributed by atoms with van der Waals surface area (Å²) in [6.45, 7) is 0. The fraction of sp³-hybridized carbons (Fsp3) is 0. The predicted molar refractivity (Wildman–Crippen MR) is 204 cm³/mol. The van der Waals surface area contributed by atoms with Gasteiger partial charge in [-0.1, -0.05) is 140 Å². The summed E-state index contributed by atoms with van der Waals surface area (Å²) < 4.78 is 6.59. The van der Waals surface area contributed by atoms with Gasteiger partial charge in [-0.05, 0) is 90.6 Å². The van der Waals surface area contributed by atoms with Crippen LogP contribution in [0.4, 0.5) is 17.1 Å². The number of furan rings is 1. The third-order valence-corrected chi connectivity index (χ3v) is 9.83. The first-order valence-electron chi connectivity index (χ1n) is 16.4. The molecule has 10 rings (SSSR count). The Morgan fingerprint density at radius 1 is 0.354 bits per heavy atom. The molecule has 1 heterocycles. The average molecular weight is 612 g/mol. The van der Waals surface area contributed by atoms with Crippen molar-refractivity contribution in [1.29, 1.82) is 0 Å². The van der Waals surface area contributed by atoms with Crippen LogP contribution in [0.25, 0.3) is 76.2 Å². The van der Waals surface area contributed by atoms with Crippen molar-refractivity contribution >= 4 is 82.1 Å². The van der Waals surface area contributed by atoms with E-state index in [1.54, 1.807) is 0 Å². The maximum absolute atomic E-state index is 6.59. The topological polar surface area (TPSA) is 16.4 Å². The van der Waals surface area contributed by atoms with Crippen LogP contribution >= 0.6 is 0 Å². The molecule has 0 spiro atoms.